The van der Waals surface area contributed by atoms with Gasteiger partial charge in [0.15, 0.2) is 0 Å². The highest BCUT2D eigenvalue weighted by Crippen LogP contribution is 2.41. The van der Waals surface area contributed by atoms with Gasteiger partial charge in [0.1, 0.15) is 5.52 Å². The van der Waals surface area contributed by atoms with E-state index in [4.69, 9.17) is 5.10 Å². The summed E-state index contributed by atoms with van der Waals surface area (Å²) in [6.07, 6.45) is 4.86. The van der Waals surface area contributed by atoms with E-state index < -0.39 is 0 Å². The van der Waals surface area contributed by atoms with Crippen LogP contribution in [0.15, 0.2) is 59.5 Å². The molecule has 0 spiro atoms. The Kier molecular flexibility index (Phi) is 4.31. The quantitative estimate of drug-likeness (QED) is 0.515. The number of benzene rings is 2. The topological polar surface area (TPSA) is 52.7 Å². The highest BCUT2D eigenvalue weighted by Gasteiger charge is 2.30. The lowest BCUT2D eigenvalue weighted by atomic mass is 10.1. The van der Waals surface area contributed by atoms with Crippen LogP contribution in [0.5, 0.6) is 0 Å². The summed E-state index contributed by atoms with van der Waals surface area (Å²) < 4.78 is 3.43. The van der Waals surface area contributed by atoms with Gasteiger partial charge in [0.05, 0.1) is 17.6 Å². The van der Waals surface area contributed by atoms with Crippen LogP contribution in [0.1, 0.15) is 41.1 Å². The second-order valence-electron chi connectivity index (χ2n) is 8.01. The molecule has 29 heavy (non-hydrogen) atoms. The largest absolute Gasteiger partial charge is 0.293 e. The van der Waals surface area contributed by atoms with E-state index in [2.05, 4.69) is 43.2 Å². The van der Waals surface area contributed by atoms with Gasteiger partial charge in [0.25, 0.3) is 5.56 Å². The molecule has 5 heteroatoms. The number of hydrogen-bond donors (Lipinski definition) is 0. The first-order chi connectivity index (χ1) is 14.1. The molecular weight excluding hydrogens is 360 g/mol. The zero-order chi connectivity index (χ0) is 20.0. The predicted molar refractivity (Wildman–Crippen MR) is 115 cm³/mol. The molecule has 2 heterocycles. The average Bonchev–Trinajstić information content (AvgIpc) is 3.48. The van der Waals surface area contributed by atoms with Crippen molar-refractivity contribution >= 4 is 10.9 Å². The number of hydrogen-bond acceptors (Lipinski definition) is 3. The molecule has 2 aromatic heterocycles. The summed E-state index contributed by atoms with van der Waals surface area (Å²) in [7, 11) is 0. The van der Waals surface area contributed by atoms with Crippen molar-refractivity contribution in [2.75, 3.05) is 0 Å². The molecule has 1 saturated carbocycles. The lowest BCUT2D eigenvalue weighted by molar-refractivity contribution is 0.570. The maximum Gasteiger partial charge on any atom is 0.293 e. The molecule has 1 fully saturated rings. The first-order valence-corrected chi connectivity index (χ1v) is 10.2. The van der Waals surface area contributed by atoms with Gasteiger partial charge in [-0.3, -0.25) is 4.79 Å². The molecule has 5 rings (SSSR count). The fraction of sp³-hybridized carbons (Fsp3) is 0.292. The fourth-order valence-corrected chi connectivity index (χ4v) is 3.84. The molecule has 146 valence electrons. The molecule has 0 atom stereocenters. The molecule has 2 aromatic carbocycles. The Hall–Kier alpha value is -3.21. The molecule has 0 radical (unpaired) electrons. The Labute approximate surface area is 169 Å². The number of aromatic nitrogens is 4. The summed E-state index contributed by atoms with van der Waals surface area (Å²) >= 11 is 0. The van der Waals surface area contributed by atoms with Crippen LogP contribution in [0.3, 0.4) is 0 Å². The minimum Gasteiger partial charge on any atom is -0.265 e. The second-order valence-corrected chi connectivity index (χ2v) is 8.01. The number of nitrogens with zero attached hydrogens (tertiary/aromatic N) is 4. The molecule has 0 saturated heterocycles. The molecule has 0 amide bonds. The Morgan fingerprint density at radius 2 is 1.83 bits per heavy atom. The van der Waals surface area contributed by atoms with Crippen LogP contribution in [-0.4, -0.2) is 19.6 Å². The minimum absolute atomic E-state index is 0.0731. The smallest absolute Gasteiger partial charge is 0.265 e. The molecule has 0 aliphatic heterocycles. The molecule has 5 nitrogen and oxygen atoms in total. The van der Waals surface area contributed by atoms with Gasteiger partial charge in [-0.2, -0.15) is 10.2 Å². The van der Waals surface area contributed by atoms with Crippen LogP contribution in [0.2, 0.25) is 0 Å². The molecule has 0 bridgehead atoms. The third-order valence-electron chi connectivity index (χ3n) is 5.86. The van der Waals surface area contributed by atoms with Crippen molar-refractivity contribution in [3.63, 3.8) is 0 Å². The number of fused-ring (bicyclic) bond motifs is 1. The van der Waals surface area contributed by atoms with Crippen LogP contribution >= 0.6 is 0 Å². The van der Waals surface area contributed by atoms with Crippen molar-refractivity contribution in [2.45, 2.75) is 45.6 Å². The summed E-state index contributed by atoms with van der Waals surface area (Å²) in [5, 5.41) is 10.3. The van der Waals surface area contributed by atoms with Gasteiger partial charge in [0, 0.05) is 17.8 Å². The van der Waals surface area contributed by atoms with Crippen LogP contribution in [0.4, 0.5) is 0 Å². The van der Waals surface area contributed by atoms with E-state index in [1.165, 1.54) is 16.7 Å². The zero-order valence-electron chi connectivity index (χ0n) is 16.8. The highest BCUT2D eigenvalue weighted by atomic mass is 16.1. The number of aryl methyl sites for hydroxylation is 4. The van der Waals surface area contributed by atoms with Crippen molar-refractivity contribution in [3.05, 3.63) is 87.5 Å². The Morgan fingerprint density at radius 3 is 2.55 bits per heavy atom. The van der Waals surface area contributed by atoms with Gasteiger partial charge in [-0.25, -0.2) is 9.36 Å². The monoisotopic (exact) mass is 384 g/mol. The lowest BCUT2D eigenvalue weighted by Crippen LogP contribution is -2.27. The van der Waals surface area contributed by atoms with Gasteiger partial charge in [-0.1, -0.05) is 36.4 Å². The Morgan fingerprint density at radius 1 is 1.03 bits per heavy atom. The molecular formula is C24H24N4O. The fourth-order valence-electron chi connectivity index (χ4n) is 3.84. The van der Waals surface area contributed by atoms with Crippen LogP contribution in [0, 0.1) is 13.8 Å². The van der Waals surface area contributed by atoms with E-state index in [1.807, 2.05) is 30.5 Å². The third-order valence-corrected chi connectivity index (χ3v) is 5.86. The third kappa shape index (κ3) is 3.27. The molecule has 1 aliphatic carbocycles. The minimum atomic E-state index is -0.0731. The Balaban J connectivity index is 1.63. The SMILES string of the molecule is Cc1ccc(-n2ncc3c(C4CC4)nn(CCc4ccccc4)c(=O)c32)cc1C. The first-order valence-electron chi connectivity index (χ1n) is 10.2. The van der Waals surface area contributed by atoms with E-state index in [-0.39, 0.29) is 5.56 Å². The van der Waals surface area contributed by atoms with Crippen LogP contribution in [0.25, 0.3) is 16.6 Å². The summed E-state index contributed by atoms with van der Waals surface area (Å²) in [5.41, 5.74) is 6.12. The average molecular weight is 384 g/mol. The maximum atomic E-state index is 13.4. The standard InChI is InChI=1S/C24H24N4O/c1-16-8-11-20(14-17(16)2)28-23-21(15-25-28)22(19-9-10-19)26-27(24(23)29)13-12-18-6-4-3-5-7-18/h3-8,11,14-15,19H,9-10,12-13H2,1-2H3. The van der Waals surface area contributed by atoms with Crippen molar-refractivity contribution in [1.29, 1.82) is 0 Å². The van der Waals surface area contributed by atoms with Crippen LogP contribution in [-0.2, 0) is 13.0 Å². The summed E-state index contributed by atoms with van der Waals surface area (Å²) in [5.74, 6) is 0.443. The van der Waals surface area contributed by atoms with Gasteiger partial charge in [-0.15, -0.1) is 0 Å². The van der Waals surface area contributed by atoms with Gasteiger partial charge in [0.2, 0.25) is 0 Å². The summed E-state index contributed by atoms with van der Waals surface area (Å²) in [6, 6.07) is 16.4. The predicted octanol–water partition coefficient (Wildman–Crippen LogP) is 4.32. The van der Waals surface area contributed by atoms with Crippen molar-refractivity contribution < 1.29 is 0 Å². The van der Waals surface area contributed by atoms with E-state index in [0.717, 1.165) is 36.0 Å². The van der Waals surface area contributed by atoms with Crippen molar-refractivity contribution in [2.24, 2.45) is 0 Å². The van der Waals surface area contributed by atoms with Crippen molar-refractivity contribution in [3.8, 4) is 5.69 Å². The van der Waals surface area contributed by atoms with E-state index >= 15 is 0 Å². The van der Waals surface area contributed by atoms with Crippen molar-refractivity contribution in [1.82, 2.24) is 19.6 Å². The molecule has 1 aliphatic rings. The highest BCUT2D eigenvalue weighted by molar-refractivity contribution is 5.82. The zero-order valence-corrected chi connectivity index (χ0v) is 16.8. The van der Waals surface area contributed by atoms with E-state index in [9.17, 15) is 4.79 Å². The van der Waals surface area contributed by atoms with Gasteiger partial charge >= 0.3 is 0 Å². The first kappa shape index (κ1) is 17.9. The van der Waals surface area contributed by atoms with Gasteiger partial charge in [-0.05, 0) is 61.9 Å². The maximum absolute atomic E-state index is 13.4. The van der Waals surface area contributed by atoms with E-state index in [0.29, 0.717) is 18.0 Å². The normalized spacial score (nSPS) is 13.9. The Bertz CT molecular complexity index is 1250. The van der Waals surface area contributed by atoms with Gasteiger partial charge < -0.3 is 0 Å². The van der Waals surface area contributed by atoms with Crippen LogP contribution < -0.4 is 5.56 Å². The lowest BCUT2D eigenvalue weighted by Gasteiger charge is -2.11. The summed E-state index contributed by atoms with van der Waals surface area (Å²) in [6.45, 7) is 4.74. The number of rotatable bonds is 5. The summed E-state index contributed by atoms with van der Waals surface area (Å²) in [4.78, 5) is 13.4. The van der Waals surface area contributed by atoms with E-state index in [1.54, 1.807) is 9.36 Å². The molecule has 0 unspecified atom stereocenters. The molecule has 0 N–H and O–H groups in total. The molecule has 4 aromatic rings. The second kappa shape index (κ2) is 6.99.